The van der Waals surface area contributed by atoms with Crippen LogP contribution in [0, 0.1) is 11.8 Å². The van der Waals surface area contributed by atoms with Crippen LogP contribution in [0.3, 0.4) is 0 Å². The fourth-order valence-corrected chi connectivity index (χ4v) is 2.04. The molecule has 0 aromatic carbocycles. The Balaban J connectivity index is 2.10. The van der Waals surface area contributed by atoms with E-state index in [1.165, 1.54) is 0 Å². The van der Waals surface area contributed by atoms with Crippen LogP contribution in [-0.4, -0.2) is 17.7 Å². The van der Waals surface area contributed by atoms with Gasteiger partial charge >= 0.3 is 6.09 Å². The SMILES string of the molecule is CC(C)C(C)C1OC(=O)NC12CC2. The Bertz CT molecular complexity index is 233. The van der Waals surface area contributed by atoms with E-state index >= 15 is 0 Å². The van der Waals surface area contributed by atoms with Gasteiger partial charge in [0, 0.05) is 0 Å². The van der Waals surface area contributed by atoms with Gasteiger partial charge in [0.05, 0.1) is 5.54 Å². The Labute approximate surface area is 78.8 Å². The predicted octanol–water partition coefficient (Wildman–Crippen LogP) is 1.92. The molecule has 3 heteroatoms. The normalized spacial score (nSPS) is 31.7. The molecule has 1 N–H and O–H groups in total. The number of hydrogen-bond donors (Lipinski definition) is 1. The molecule has 0 aromatic heterocycles. The second kappa shape index (κ2) is 2.63. The van der Waals surface area contributed by atoms with Crippen LogP contribution in [0.1, 0.15) is 33.6 Å². The molecule has 2 aliphatic rings. The largest absolute Gasteiger partial charge is 0.443 e. The average molecular weight is 183 g/mol. The van der Waals surface area contributed by atoms with Gasteiger partial charge in [-0.3, -0.25) is 0 Å². The van der Waals surface area contributed by atoms with E-state index in [-0.39, 0.29) is 17.7 Å². The van der Waals surface area contributed by atoms with Gasteiger partial charge in [-0.15, -0.1) is 0 Å². The zero-order valence-corrected chi connectivity index (χ0v) is 8.46. The summed E-state index contributed by atoms with van der Waals surface area (Å²) < 4.78 is 5.31. The molecule has 2 unspecified atom stereocenters. The van der Waals surface area contributed by atoms with Crippen molar-refractivity contribution in [3.05, 3.63) is 0 Å². The average Bonchev–Trinajstić information content (AvgIpc) is 2.71. The number of ether oxygens (including phenoxy) is 1. The van der Waals surface area contributed by atoms with Crippen molar-refractivity contribution in [2.75, 3.05) is 0 Å². The standard InChI is InChI=1S/C10H17NO2/c1-6(2)7(3)8-10(4-5-10)11-9(12)13-8/h6-8H,4-5H2,1-3H3,(H,11,12). The van der Waals surface area contributed by atoms with E-state index < -0.39 is 0 Å². The number of carbonyl (C=O) groups excluding carboxylic acids is 1. The van der Waals surface area contributed by atoms with Crippen molar-refractivity contribution >= 4 is 6.09 Å². The zero-order chi connectivity index (χ0) is 9.64. The van der Waals surface area contributed by atoms with Crippen molar-refractivity contribution in [3.8, 4) is 0 Å². The second-order valence-electron chi connectivity index (χ2n) is 4.71. The van der Waals surface area contributed by atoms with Gasteiger partial charge in [0.15, 0.2) is 0 Å². The highest BCUT2D eigenvalue weighted by atomic mass is 16.6. The smallest absolute Gasteiger partial charge is 0.408 e. The van der Waals surface area contributed by atoms with Crippen molar-refractivity contribution in [1.82, 2.24) is 5.32 Å². The first-order valence-corrected chi connectivity index (χ1v) is 5.04. The van der Waals surface area contributed by atoms with Crippen LogP contribution in [-0.2, 0) is 4.74 Å². The molecule has 74 valence electrons. The van der Waals surface area contributed by atoms with Crippen molar-refractivity contribution < 1.29 is 9.53 Å². The van der Waals surface area contributed by atoms with Gasteiger partial charge in [-0.25, -0.2) is 4.79 Å². The van der Waals surface area contributed by atoms with E-state index in [1.54, 1.807) is 0 Å². The lowest BCUT2D eigenvalue weighted by atomic mass is 9.87. The third-order valence-electron chi connectivity index (χ3n) is 3.45. The topological polar surface area (TPSA) is 38.3 Å². The van der Waals surface area contributed by atoms with Crippen molar-refractivity contribution in [1.29, 1.82) is 0 Å². The van der Waals surface area contributed by atoms with E-state index in [9.17, 15) is 4.79 Å². The highest BCUT2D eigenvalue weighted by Gasteiger charge is 2.59. The molecule has 2 fully saturated rings. The number of amides is 1. The highest BCUT2D eigenvalue weighted by Crippen LogP contribution is 2.47. The maximum Gasteiger partial charge on any atom is 0.408 e. The molecule has 13 heavy (non-hydrogen) atoms. The molecule has 1 saturated carbocycles. The summed E-state index contributed by atoms with van der Waals surface area (Å²) >= 11 is 0. The van der Waals surface area contributed by atoms with Gasteiger partial charge in [-0.05, 0) is 24.7 Å². The minimum absolute atomic E-state index is 0.0147. The first-order valence-electron chi connectivity index (χ1n) is 5.04. The Hall–Kier alpha value is -0.730. The molecule has 1 saturated heterocycles. The van der Waals surface area contributed by atoms with Crippen LogP contribution in [0.5, 0.6) is 0 Å². The molecule has 0 aromatic rings. The van der Waals surface area contributed by atoms with Crippen molar-refractivity contribution in [3.63, 3.8) is 0 Å². The summed E-state index contributed by atoms with van der Waals surface area (Å²) in [5.74, 6) is 1.01. The van der Waals surface area contributed by atoms with Gasteiger partial charge in [-0.1, -0.05) is 20.8 Å². The maximum absolute atomic E-state index is 11.1. The lowest BCUT2D eigenvalue weighted by Gasteiger charge is -2.25. The van der Waals surface area contributed by atoms with Crippen molar-refractivity contribution in [2.45, 2.75) is 45.3 Å². The molecule has 1 heterocycles. The van der Waals surface area contributed by atoms with E-state index in [0.29, 0.717) is 11.8 Å². The van der Waals surface area contributed by atoms with E-state index in [2.05, 4.69) is 26.1 Å². The maximum atomic E-state index is 11.1. The highest BCUT2D eigenvalue weighted by molar-refractivity contribution is 5.72. The van der Waals surface area contributed by atoms with Crippen LogP contribution in [0.15, 0.2) is 0 Å². The Morgan fingerprint density at radius 1 is 1.46 bits per heavy atom. The van der Waals surface area contributed by atoms with Crippen LogP contribution in [0.4, 0.5) is 4.79 Å². The number of nitrogens with one attached hydrogen (secondary N) is 1. The summed E-state index contributed by atoms with van der Waals surface area (Å²) in [7, 11) is 0. The Kier molecular flexibility index (Phi) is 1.79. The quantitative estimate of drug-likeness (QED) is 0.710. The molecular formula is C10H17NO2. The third kappa shape index (κ3) is 1.30. The number of carbonyl (C=O) groups is 1. The van der Waals surface area contributed by atoms with E-state index in [4.69, 9.17) is 4.74 Å². The van der Waals surface area contributed by atoms with Gasteiger partial charge in [0.1, 0.15) is 6.10 Å². The Morgan fingerprint density at radius 3 is 2.54 bits per heavy atom. The number of alkyl carbamates (subject to hydrolysis) is 1. The summed E-state index contributed by atoms with van der Waals surface area (Å²) in [4.78, 5) is 11.1. The first-order chi connectivity index (χ1) is 6.05. The number of rotatable bonds is 2. The lowest BCUT2D eigenvalue weighted by molar-refractivity contribution is 0.0743. The molecular weight excluding hydrogens is 166 g/mol. The number of cyclic esters (lactones) is 1. The molecule has 1 amide bonds. The second-order valence-corrected chi connectivity index (χ2v) is 4.71. The monoisotopic (exact) mass is 183 g/mol. The summed E-state index contributed by atoms with van der Waals surface area (Å²) in [6, 6.07) is 0. The molecule has 3 nitrogen and oxygen atoms in total. The molecule has 1 spiro atoms. The molecule has 2 atom stereocenters. The van der Waals surface area contributed by atoms with Crippen LogP contribution >= 0.6 is 0 Å². The fraction of sp³-hybridized carbons (Fsp3) is 0.900. The summed E-state index contributed by atoms with van der Waals surface area (Å²) in [5.41, 5.74) is 0.0147. The molecule has 0 radical (unpaired) electrons. The molecule has 1 aliphatic heterocycles. The lowest BCUT2D eigenvalue weighted by Crippen LogP contribution is -2.39. The van der Waals surface area contributed by atoms with Gasteiger partial charge in [0.2, 0.25) is 0 Å². The Morgan fingerprint density at radius 2 is 2.08 bits per heavy atom. The summed E-state index contributed by atoms with van der Waals surface area (Å²) in [6.45, 7) is 6.51. The third-order valence-corrected chi connectivity index (χ3v) is 3.45. The van der Waals surface area contributed by atoms with Gasteiger partial charge in [-0.2, -0.15) is 0 Å². The molecule has 2 rings (SSSR count). The minimum Gasteiger partial charge on any atom is -0.443 e. The molecule has 1 aliphatic carbocycles. The van der Waals surface area contributed by atoms with Crippen LogP contribution in [0.2, 0.25) is 0 Å². The van der Waals surface area contributed by atoms with E-state index in [0.717, 1.165) is 12.8 Å². The fourth-order valence-electron chi connectivity index (χ4n) is 2.04. The van der Waals surface area contributed by atoms with Gasteiger partial charge in [0.25, 0.3) is 0 Å². The number of hydrogen-bond acceptors (Lipinski definition) is 2. The van der Waals surface area contributed by atoms with Crippen LogP contribution in [0.25, 0.3) is 0 Å². The summed E-state index contributed by atoms with van der Waals surface area (Å²) in [5, 5.41) is 2.93. The van der Waals surface area contributed by atoms with Crippen LogP contribution < -0.4 is 5.32 Å². The minimum atomic E-state index is -0.227. The zero-order valence-electron chi connectivity index (χ0n) is 8.46. The van der Waals surface area contributed by atoms with E-state index in [1.807, 2.05) is 0 Å². The van der Waals surface area contributed by atoms with Gasteiger partial charge < -0.3 is 10.1 Å². The summed E-state index contributed by atoms with van der Waals surface area (Å²) in [6.07, 6.45) is 2.04. The predicted molar refractivity (Wildman–Crippen MR) is 49.4 cm³/mol. The first kappa shape index (κ1) is 8.85. The van der Waals surface area contributed by atoms with Crippen molar-refractivity contribution in [2.24, 2.45) is 11.8 Å². The molecule has 0 bridgehead atoms.